The lowest BCUT2D eigenvalue weighted by molar-refractivity contribution is -0.261. The number of hydrogen-bond donors (Lipinski definition) is 2. The number of sulfonamides is 1. The second-order valence-electron chi connectivity index (χ2n) is 3.02. The van der Waals surface area contributed by atoms with Gasteiger partial charge in [-0.05, 0) is 12.1 Å². The molecule has 0 saturated heterocycles. The Labute approximate surface area is 98.7 Å². The number of phenolic OH excluding ortho intramolecular Hbond substituents is 2. The third-order valence-corrected chi connectivity index (χ3v) is 2.95. The first-order valence-corrected chi connectivity index (χ1v) is 5.59. The van der Waals surface area contributed by atoms with Crippen LogP contribution < -0.4 is 5.11 Å². The molecule has 2 N–H and O–H groups in total. The lowest BCUT2D eigenvalue weighted by Crippen LogP contribution is -2.35. The molecule has 10 heteroatoms. The minimum atomic E-state index is -5.41. The van der Waals surface area contributed by atoms with Crippen molar-refractivity contribution in [2.75, 3.05) is 0 Å². The van der Waals surface area contributed by atoms with Crippen molar-refractivity contribution < 1.29 is 36.9 Å². The van der Waals surface area contributed by atoms with E-state index in [9.17, 15) is 26.7 Å². The van der Waals surface area contributed by atoms with E-state index in [1.165, 1.54) is 0 Å². The zero-order valence-electron chi connectivity index (χ0n) is 8.34. The summed E-state index contributed by atoms with van der Waals surface area (Å²) in [5, 5.41) is 28.3. The van der Waals surface area contributed by atoms with Crippen LogP contribution in [0.3, 0.4) is 0 Å². The molecule has 0 atom stereocenters. The van der Waals surface area contributed by atoms with Gasteiger partial charge in [0.25, 0.3) is 10.0 Å². The first-order valence-electron chi connectivity index (χ1n) is 4.15. The van der Waals surface area contributed by atoms with Crippen LogP contribution in [0.4, 0.5) is 13.2 Å². The van der Waals surface area contributed by atoms with Gasteiger partial charge >= 0.3 is 6.18 Å². The van der Waals surface area contributed by atoms with E-state index in [0.717, 1.165) is 6.07 Å². The number of nitrogens with zero attached hydrogens (tertiary/aromatic N) is 1. The zero-order valence-corrected chi connectivity index (χ0v) is 9.16. The average molecular weight is 284 g/mol. The van der Waals surface area contributed by atoms with Gasteiger partial charge in [0.05, 0.1) is 10.8 Å². The van der Waals surface area contributed by atoms with E-state index in [2.05, 4.69) is 0 Å². The van der Waals surface area contributed by atoms with E-state index in [-0.39, 0.29) is 0 Å². The summed E-state index contributed by atoms with van der Waals surface area (Å²) in [5.41, 5.74) is 0. The minimum Gasteiger partial charge on any atom is -0.855 e. The van der Waals surface area contributed by atoms with Gasteiger partial charge in [-0.3, -0.25) is 0 Å². The SMILES string of the molecule is O=S(=O)(/N=C(\[O-])C(F)(F)F)c1ccc(O)c(O)c1. The van der Waals surface area contributed by atoms with Crippen LogP contribution in [0.5, 0.6) is 11.5 Å². The van der Waals surface area contributed by atoms with E-state index >= 15 is 0 Å². The van der Waals surface area contributed by atoms with Gasteiger partial charge in [0.15, 0.2) is 11.5 Å². The van der Waals surface area contributed by atoms with E-state index in [4.69, 9.17) is 10.2 Å². The summed E-state index contributed by atoms with van der Waals surface area (Å²) in [5.74, 6) is -4.32. The third-order valence-electron chi connectivity index (χ3n) is 1.69. The molecule has 0 spiro atoms. The molecule has 1 aromatic rings. The maximum atomic E-state index is 11.8. The number of aromatic hydroxyl groups is 2. The number of benzene rings is 1. The molecule has 0 heterocycles. The largest absolute Gasteiger partial charge is 0.855 e. The fourth-order valence-corrected chi connectivity index (χ4v) is 1.81. The van der Waals surface area contributed by atoms with Crippen LogP contribution in [0, 0.1) is 0 Å². The second kappa shape index (κ2) is 4.37. The molecule has 100 valence electrons. The summed E-state index contributed by atoms with van der Waals surface area (Å²) in [7, 11) is -4.90. The molecule has 0 aliphatic carbocycles. The van der Waals surface area contributed by atoms with Crippen molar-refractivity contribution in [2.24, 2.45) is 4.40 Å². The highest BCUT2D eigenvalue weighted by molar-refractivity contribution is 7.90. The lowest BCUT2D eigenvalue weighted by Gasteiger charge is -2.13. The standard InChI is InChI=1S/C8H6F3NO5S/c9-8(10,11)7(15)12-18(16,17)4-1-2-5(13)6(14)3-4/h1-3,13-14H,(H,12,15)/p-1. The molecule has 1 aromatic carbocycles. The fourth-order valence-electron chi connectivity index (χ4n) is 0.877. The van der Waals surface area contributed by atoms with Crippen LogP contribution in [0.25, 0.3) is 0 Å². The highest BCUT2D eigenvalue weighted by atomic mass is 32.2. The molecular formula is C8H5F3NO5S-. The molecule has 0 amide bonds. The quantitative estimate of drug-likeness (QED) is 0.455. The smallest absolute Gasteiger partial charge is 0.420 e. The van der Waals surface area contributed by atoms with E-state index in [1.807, 2.05) is 4.40 Å². The van der Waals surface area contributed by atoms with Crippen molar-refractivity contribution >= 4 is 15.9 Å². The highest BCUT2D eigenvalue weighted by Gasteiger charge is 2.30. The van der Waals surface area contributed by atoms with Crippen LogP contribution in [-0.4, -0.2) is 30.7 Å². The van der Waals surface area contributed by atoms with Gasteiger partial charge in [0.1, 0.15) is 0 Å². The molecule has 18 heavy (non-hydrogen) atoms. The van der Waals surface area contributed by atoms with E-state index in [0.29, 0.717) is 12.1 Å². The number of hydrogen-bond acceptors (Lipinski definition) is 5. The van der Waals surface area contributed by atoms with Crippen LogP contribution in [-0.2, 0) is 10.0 Å². The molecule has 6 nitrogen and oxygen atoms in total. The van der Waals surface area contributed by atoms with Crippen molar-refractivity contribution in [2.45, 2.75) is 11.1 Å². The summed E-state index contributed by atoms with van der Waals surface area (Å²) in [6.07, 6.45) is -5.41. The Kier molecular flexibility index (Phi) is 3.42. The van der Waals surface area contributed by atoms with Gasteiger partial charge in [-0.2, -0.15) is 26.0 Å². The molecule has 0 aliphatic heterocycles. The Morgan fingerprint density at radius 1 is 1.22 bits per heavy atom. The molecule has 0 bridgehead atoms. The van der Waals surface area contributed by atoms with Gasteiger partial charge in [0.2, 0.25) is 0 Å². The van der Waals surface area contributed by atoms with E-state index in [1.54, 1.807) is 0 Å². The summed E-state index contributed by atoms with van der Waals surface area (Å²) in [4.78, 5) is -0.851. The molecule has 0 unspecified atom stereocenters. The van der Waals surface area contributed by atoms with Crippen molar-refractivity contribution in [1.29, 1.82) is 0 Å². The summed E-state index contributed by atoms with van der Waals surface area (Å²) in [6.45, 7) is 0. The van der Waals surface area contributed by atoms with Crippen molar-refractivity contribution in [3.63, 3.8) is 0 Å². The predicted molar refractivity (Wildman–Crippen MR) is 50.4 cm³/mol. The first-order chi connectivity index (χ1) is 8.04. The summed E-state index contributed by atoms with van der Waals surface area (Å²) < 4.78 is 60.1. The first kappa shape index (κ1) is 14.1. The van der Waals surface area contributed by atoms with Gasteiger partial charge in [-0.15, -0.1) is 0 Å². The molecule has 1 rings (SSSR count). The van der Waals surface area contributed by atoms with Crippen LogP contribution in [0.15, 0.2) is 27.5 Å². The van der Waals surface area contributed by atoms with Crippen molar-refractivity contribution in [1.82, 2.24) is 0 Å². The monoisotopic (exact) mass is 284 g/mol. The van der Waals surface area contributed by atoms with Crippen molar-refractivity contribution in [3.05, 3.63) is 18.2 Å². The molecule has 0 saturated carbocycles. The number of phenols is 2. The molecule has 0 aromatic heterocycles. The topological polar surface area (TPSA) is 110 Å². The number of alkyl halides is 3. The molecular weight excluding hydrogens is 279 g/mol. The minimum absolute atomic E-state index is 0.470. The third kappa shape index (κ3) is 3.03. The summed E-state index contributed by atoms with van der Waals surface area (Å²) >= 11 is 0. The normalized spacial score (nSPS) is 13.6. The Balaban J connectivity index is 3.27. The number of halogens is 3. The zero-order chi connectivity index (χ0) is 14.1. The Hall–Kier alpha value is -1.97. The maximum absolute atomic E-state index is 11.8. The molecule has 0 aliphatic rings. The highest BCUT2D eigenvalue weighted by Crippen LogP contribution is 2.28. The van der Waals surface area contributed by atoms with Crippen LogP contribution >= 0.6 is 0 Å². The van der Waals surface area contributed by atoms with Crippen LogP contribution in [0.2, 0.25) is 0 Å². The second-order valence-corrected chi connectivity index (χ2v) is 4.62. The molecule has 0 radical (unpaired) electrons. The average Bonchev–Trinajstić information content (AvgIpc) is 2.19. The Bertz CT molecular complexity index is 593. The van der Waals surface area contributed by atoms with Gasteiger partial charge in [-0.25, -0.2) is 0 Å². The van der Waals surface area contributed by atoms with Gasteiger partial charge in [0, 0.05) is 6.07 Å². The fraction of sp³-hybridized carbons (Fsp3) is 0.125. The van der Waals surface area contributed by atoms with Crippen molar-refractivity contribution in [3.8, 4) is 11.5 Å². The summed E-state index contributed by atoms with van der Waals surface area (Å²) in [6, 6.07) is 1.89. The predicted octanol–water partition coefficient (Wildman–Crippen LogP) is 0.108. The lowest BCUT2D eigenvalue weighted by atomic mass is 10.3. The molecule has 0 fully saturated rings. The Morgan fingerprint density at radius 2 is 1.78 bits per heavy atom. The van der Waals surface area contributed by atoms with Gasteiger partial charge in [-0.1, -0.05) is 0 Å². The van der Waals surface area contributed by atoms with Gasteiger partial charge < -0.3 is 15.3 Å². The van der Waals surface area contributed by atoms with Crippen LogP contribution in [0.1, 0.15) is 0 Å². The van der Waals surface area contributed by atoms with E-state index < -0.39 is 38.5 Å². The number of rotatable bonds is 2. The maximum Gasteiger partial charge on any atom is 0.420 e. The Morgan fingerprint density at radius 3 is 2.22 bits per heavy atom.